The minimum absolute atomic E-state index is 0.363. The van der Waals surface area contributed by atoms with Crippen molar-refractivity contribution in [3.8, 4) is 0 Å². The van der Waals surface area contributed by atoms with E-state index in [4.69, 9.17) is 0 Å². The molecule has 2 aliphatic rings. The van der Waals surface area contributed by atoms with E-state index in [2.05, 4.69) is 43.4 Å². The summed E-state index contributed by atoms with van der Waals surface area (Å²) in [4.78, 5) is 14.0. The van der Waals surface area contributed by atoms with Crippen molar-refractivity contribution in [3.63, 3.8) is 0 Å². The number of anilines is 1. The van der Waals surface area contributed by atoms with Gasteiger partial charge in [0.05, 0.1) is 18.1 Å². The Hall–Kier alpha value is -1.69. The molecule has 4 heterocycles. The van der Waals surface area contributed by atoms with Gasteiger partial charge in [-0.15, -0.1) is 0 Å². The standard InChI is InChI=1S/C18H28N6/c1-18(2)6-9-23(13-18)16-15-12-21-24(17(15)20-14-19-16)11-10-22-7-4-3-5-8-22/h12,14H,3-11,13H2,1-2H3. The van der Waals surface area contributed by atoms with E-state index in [9.17, 15) is 0 Å². The zero-order valence-electron chi connectivity index (χ0n) is 14.9. The molecule has 0 aliphatic carbocycles. The highest BCUT2D eigenvalue weighted by Crippen LogP contribution is 2.34. The average molecular weight is 328 g/mol. The van der Waals surface area contributed by atoms with Crippen molar-refractivity contribution in [3.05, 3.63) is 12.5 Å². The van der Waals surface area contributed by atoms with E-state index in [0.29, 0.717) is 5.41 Å². The molecule has 6 nitrogen and oxygen atoms in total. The van der Waals surface area contributed by atoms with E-state index in [0.717, 1.165) is 43.0 Å². The van der Waals surface area contributed by atoms with Crippen molar-refractivity contribution >= 4 is 16.9 Å². The largest absolute Gasteiger partial charge is 0.355 e. The number of piperidine rings is 1. The fourth-order valence-electron chi connectivity index (χ4n) is 4.01. The average Bonchev–Trinajstić information content (AvgIpc) is 3.16. The Morgan fingerprint density at radius 2 is 1.88 bits per heavy atom. The van der Waals surface area contributed by atoms with E-state index in [1.807, 2.05) is 6.20 Å². The summed E-state index contributed by atoms with van der Waals surface area (Å²) in [5, 5.41) is 5.70. The second-order valence-corrected chi connectivity index (χ2v) is 8.04. The summed E-state index contributed by atoms with van der Waals surface area (Å²) in [5.41, 5.74) is 1.34. The van der Waals surface area contributed by atoms with Gasteiger partial charge in [0.25, 0.3) is 0 Å². The van der Waals surface area contributed by atoms with Crippen LogP contribution in [0.2, 0.25) is 0 Å². The van der Waals surface area contributed by atoms with Gasteiger partial charge in [0.2, 0.25) is 0 Å². The van der Waals surface area contributed by atoms with Crippen molar-refractivity contribution in [2.75, 3.05) is 37.6 Å². The third-order valence-corrected chi connectivity index (χ3v) is 5.47. The topological polar surface area (TPSA) is 50.1 Å². The quantitative estimate of drug-likeness (QED) is 0.863. The van der Waals surface area contributed by atoms with Crippen LogP contribution < -0.4 is 4.90 Å². The SMILES string of the molecule is CC1(C)CCN(c2ncnc3c2cnn3CCN2CCCCC2)C1. The second-order valence-electron chi connectivity index (χ2n) is 8.04. The van der Waals surface area contributed by atoms with Crippen LogP contribution in [0.1, 0.15) is 39.5 Å². The van der Waals surface area contributed by atoms with Crippen LogP contribution in [0.3, 0.4) is 0 Å². The van der Waals surface area contributed by atoms with Crippen LogP contribution >= 0.6 is 0 Å². The normalized spacial score (nSPS) is 21.7. The molecule has 0 saturated carbocycles. The van der Waals surface area contributed by atoms with Crippen molar-refractivity contribution in [1.29, 1.82) is 0 Å². The maximum Gasteiger partial charge on any atom is 0.163 e. The van der Waals surface area contributed by atoms with Gasteiger partial charge in [-0.2, -0.15) is 5.10 Å². The predicted molar refractivity (Wildman–Crippen MR) is 96.2 cm³/mol. The molecule has 24 heavy (non-hydrogen) atoms. The minimum atomic E-state index is 0.363. The summed E-state index contributed by atoms with van der Waals surface area (Å²) >= 11 is 0. The molecule has 130 valence electrons. The number of hydrogen-bond acceptors (Lipinski definition) is 5. The first-order valence-corrected chi connectivity index (χ1v) is 9.26. The molecule has 6 heteroatoms. The number of nitrogens with zero attached hydrogens (tertiary/aromatic N) is 6. The summed E-state index contributed by atoms with van der Waals surface area (Å²) in [6.45, 7) is 11.2. The first-order valence-electron chi connectivity index (χ1n) is 9.26. The van der Waals surface area contributed by atoms with Gasteiger partial charge in [0, 0.05) is 19.6 Å². The molecule has 0 atom stereocenters. The van der Waals surface area contributed by atoms with Gasteiger partial charge in [-0.1, -0.05) is 20.3 Å². The third kappa shape index (κ3) is 3.11. The van der Waals surface area contributed by atoms with Crippen LogP contribution in [-0.2, 0) is 6.54 Å². The maximum atomic E-state index is 4.61. The predicted octanol–water partition coefficient (Wildman–Crippen LogP) is 2.55. The first kappa shape index (κ1) is 15.8. The molecular formula is C18H28N6. The molecule has 0 unspecified atom stereocenters. The number of likely N-dealkylation sites (tertiary alicyclic amines) is 1. The lowest BCUT2D eigenvalue weighted by atomic mass is 9.93. The molecule has 2 saturated heterocycles. The van der Waals surface area contributed by atoms with Crippen LogP contribution in [0.5, 0.6) is 0 Å². The lowest BCUT2D eigenvalue weighted by Crippen LogP contribution is -2.32. The van der Waals surface area contributed by atoms with Gasteiger partial charge < -0.3 is 9.80 Å². The molecule has 0 radical (unpaired) electrons. The lowest BCUT2D eigenvalue weighted by Gasteiger charge is -2.26. The van der Waals surface area contributed by atoms with Crippen molar-refractivity contribution in [1.82, 2.24) is 24.6 Å². The van der Waals surface area contributed by atoms with E-state index >= 15 is 0 Å². The fraction of sp³-hybridized carbons (Fsp3) is 0.722. The first-order chi connectivity index (χ1) is 11.6. The van der Waals surface area contributed by atoms with E-state index in [-0.39, 0.29) is 0 Å². The van der Waals surface area contributed by atoms with Crippen LogP contribution in [-0.4, -0.2) is 57.4 Å². The number of rotatable bonds is 4. The molecule has 0 spiro atoms. The van der Waals surface area contributed by atoms with E-state index in [1.165, 1.54) is 38.8 Å². The van der Waals surface area contributed by atoms with E-state index in [1.54, 1.807) is 6.33 Å². The molecule has 4 rings (SSSR count). The molecule has 2 aromatic rings. The van der Waals surface area contributed by atoms with Gasteiger partial charge in [0.15, 0.2) is 5.65 Å². The fourth-order valence-corrected chi connectivity index (χ4v) is 4.01. The maximum absolute atomic E-state index is 4.61. The Morgan fingerprint density at radius 3 is 2.62 bits per heavy atom. The Bertz CT molecular complexity index is 701. The highest BCUT2D eigenvalue weighted by Gasteiger charge is 2.31. The van der Waals surface area contributed by atoms with Crippen molar-refractivity contribution in [2.24, 2.45) is 5.41 Å². The highest BCUT2D eigenvalue weighted by molar-refractivity contribution is 5.86. The summed E-state index contributed by atoms with van der Waals surface area (Å²) in [6, 6.07) is 0. The van der Waals surface area contributed by atoms with Gasteiger partial charge in [-0.05, 0) is 37.8 Å². The third-order valence-electron chi connectivity index (χ3n) is 5.47. The summed E-state index contributed by atoms with van der Waals surface area (Å²) in [7, 11) is 0. The molecule has 0 N–H and O–H groups in total. The Kier molecular flexibility index (Phi) is 4.16. The summed E-state index contributed by atoms with van der Waals surface area (Å²) in [6.07, 6.45) is 8.90. The molecule has 2 aromatic heterocycles. The smallest absolute Gasteiger partial charge is 0.163 e. The van der Waals surface area contributed by atoms with Crippen molar-refractivity contribution in [2.45, 2.75) is 46.1 Å². The second kappa shape index (κ2) is 6.31. The van der Waals surface area contributed by atoms with Gasteiger partial charge in [-0.25, -0.2) is 14.6 Å². The molecule has 0 amide bonds. The zero-order valence-corrected chi connectivity index (χ0v) is 14.9. The van der Waals surface area contributed by atoms with E-state index < -0.39 is 0 Å². The number of aromatic nitrogens is 4. The van der Waals surface area contributed by atoms with Gasteiger partial charge in [-0.3, -0.25) is 0 Å². The Morgan fingerprint density at radius 1 is 1.04 bits per heavy atom. The number of fused-ring (bicyclic) bond motifs is 1. The number of hydrogen-bond donors (Lipinski definition) is 0. The molecule has 0 aromatic carbocycles. The molecule has 0 bridgehead atoms. The van der Waals surface area contributed by atoms with Crippen LogP contribution in [0.4, 0.5) is 5.82 Å². The molecule has 2 fully saturated rings. The summed E-state index contributed by atoms with van der Waals surface area (Å²) in [5.74, 6) is 1.05. The van der Waals surface area contributed by atoms with Crippen molar-refractivity contribution < 1.29 is 0 Å². The van der Waals surface area contributed by atoms with Crippen LogP contribution in [0.15, 0.2) is 12.5 Å². The lowest BCUT2D eigenvalue weighted by molar-refractivity contribution is 0.219. The minimum Gasteiger partial charge on any atom is -0.355 e. The molecular weight excluding hydrogens is 300 g/mol. The Balaban J connectivity index is 1.53. The zero-order chi connectivity index (χ0) is 16.6. The van der Waals surface area contributed by atoms with Gasteiger partial charge in [0.1, 0.15) is 12.1 Å². The monoisotopic (exact) mass is 328 g/mol. The van der Waals surface area contributed by atoms with Crippen LogP contribution in [0, 0.1) is 5.41 Å². The Labute approximate surface area is 143 Å². The summed E-state index contributed by atoms with van der Waals surface area (Å²) < 4.78 is 2.05. The van der Waals surface area contributed by atoms with Gasteiger partial charge >= 0.3 is 0 Å². The van der Waals surface area contributed by atoms with Crippen LogP contribution in [0.25, 0.3) is 11.0 Å². The molecule has 2 aliphatic heterocycles. The highest BCUT2D eigenvalue weighted by atomic mass is 15.3.